The molecular weight excluding hydrogens is 484 g/mol. The Balaban J connectivity index is 1.85. The van der Waals surface area contributed by atoms with E-state index in [2.05, 4.69) is 37.9 Å². The minimum Gasteiger partial charge on any atom is -0.491 e. The molecule has 1 aliphatic heterocycles. The third kappa shape index (κ3) is 5.62. The molecule has 0 saturated heterocycles. The smallest absolute Gasteiger partial charge is 0.338 e. The Morgan fingerprint density at radius 2 is 1.76 bits per heavy atom. The van der Waals surface area contributed by atoms with Crippen molar-refractivity contribution in [3.63, 3.8) is 0 Å². The number of ether oxygens (including phenoxy) is 2. The monoisotopic (exact) mass is 518 g/mol. The van der Waals surface area contributed by atoms with E-state index < -0.39 is 12.0 Å². The number of hydrogen-bond donors (Lipinski definition) is 0. The molecule has 0 N–H and O–H groups in total. The van der Waals surface area contributed by atoms with Crippen LogP contribution in [-0.4, -0.2) is 23.2 Å². The zero-order chi connectivity index (χ0) is 26.9. The highest BCUT2D eigenvalue weighted by Gasteiger charge is 2.33. The van der Waals surface area contributed by atoms with Crippen molar-refractivity contribution >= 4 is 23.4 Å². The molecule has 0 saturated carbocycles. The molecule has 0 bridgehead atoms. The quantitative estimate of drug-likeness (QED) is 0.436. The molecular formula is C30H34N2O4S. The zero-order valence-electron chi connectivity index (χ0n) is 22.5. The van der Waals surface area contributed by atoms with Gasteiger partial charge in [0.25, 0.3) is 5.56 Å². The lowest BCUT2D eigenvalue weighted by molar-refractivity contribution is -0.139. The fourth-order valence-electron chi connectivity index (χ4n) is 4.34. The molecule has 2 heterocycles. The molecule has 1 atom stereocenters. The Hall–Kier alpha value is -3.45. The van der Waals surface area contributed by atoms with Crippen LogP contribution < -0.4 is 19.6 Å². The molecule has 6 nitrogen and oxygen atoms in total. The summed E-state index contributed by atoms with van der Waals surface area (Å²) >= 11 is 1.32. The molecule has 0 aliphatic carbocycles. The molecule has 0 fully saturated rings. The number of carbonyl (C=O) groups is 1. The molecule has 37 heavy (non-hydrogen) atoms. The highest BCUT2D eigenvalue weighted by Crippen LogP contribution is 2.32. The Bertz CT molecular complexity index is 1500. The standard InChI is InChI=1S/C30H34N2O4S/c1-8-35-28(34)25-19(4)31-29-32(26(25)21-11-15-23(16-12-21)36-18(2)3)27(33)24(37-29)17-20-9-13-22(14-10-20)30(5,6)7/h9-18,26H,8H2,1-7H3/b24-17-/t26-/m1/s1. The summed E-state index contributed by atoms with van der Waals surface area (Å²) in [5.74, 6) is 0.256. The van der Waals surface area contributed by atoms with Crippen LogP contribution in [0.2, 0.25) is 0 Å². The zero-order valence-corrected chi connectivity index (χ0v) is 23.3. The van der Waals surface area contributed by atoms with Crippen LogP contribution in [0, 0.1) is 0 Å². The molecule has 0 amide bonds. The Labute approximate surface area is 221 Å². The van der Waals surface area contributed by atoms with E-state index in [1.165, 1.54) is 16.9 Å². The van der Waals surface area contributed by atoms with Crippen LogP contribution in [-0.2, 0) is 14.9 Å². The van der Waals surface area contributed by atoms with E-state index in [0.29, 0.717) is 20.6 Å². The molecule has 1 aliphatic rings. The van der Waals surface area contributed by atoms with Crippen LogP contribution in [0.1, 0.15) is 71.2 Å². The molecule has 3 aromatic rings. The summed E-state index contributed by atoms with van der Waals surface area (Å²) in [6, 6.07) is 15.1. The number of allylic oxidation sites excluding steroid dienone is 1. The maximum absolute atomic E-state index is 13.8. The van der Waals surface area contributed by atoms with Crippen molar-refractivity contribution in [2.24, 2.45) is 4.99 Å². The minimum absolute atomic E-state index is 0.0400. The van der Waals surface area contributed by atoms with Crippen LogP contribution in [0.25, 0.3) is 6.08 Å². The predicted octanol–water partition coefficient (Wildman–Crippen LogP) is 4.88. The largest absolute Gasteiger partial charge is 0.491 e. The maximum atomic E-state index is 13.8. The fraction of sp³-hybridized carbons (Fsp3) is 0.367. The Morgan fingerprint density at radius 3 is 2.32 bits per heavy atom. The van der Waals surface area contributed by atoms with Gasteiger partial charge >= 0.3 is 5.97 Å². The number of thiazole rings is 1. The first-order valence-corrected chi connectivity index (χ1v) is 13.4. The van der Waals surface area contributed by atoms with Crippen molar-refractivity contribution in [2.75, 3.05) is 6.61 Å². The third-order valence-electron chi connectivity index (χ3n) is 6.16. The lowest BCUT2D eigenvalue weighted by Crippen LogP contribution is -2.39. The average molecular weight is 519 g/mol. The number of carbonyl (C=O) groups excluding carboxylic acids is 1. The average Bonchev–Trinajstić information content (AvgIpc) is 3.12. The molecule has 1 aromatic heterocycles. The molecule has 4 rings (SSSR count). The van der Waals surface area contributed by atoms with Gasteiger partial charge in [-0.05, 0) is 68.0 Å². The first kappa shape index (κ1) is 26.6. The second kappa shape index (κ2) is 10.5. The van der Waals surface area contributed by atoms with Gasteiger partial charge in [0.1, 0.15) is 5.75 Å². The SMILES string of the molecule is CCOC(=O)C1=C(C)N=c2s/c(=C\c3ccc(C(C)(C)C)cc3)c(=O)n2[C@@H]1c1ccc(OC(C)C)cc1. The van der Waals surface area contributed by atoms with Gasteiger partial charge in [-0.3, -0.25) is 9.36 Å². The molecule has 0 spiro atoms. The first-order valence-electron chi connectivity index (χ1n) is 12.6. The van der Waals surface area contributed by atoms with E-state index in [1.807, 2.05) is 56.3 Å². The predicted molar refractivity (Wildman–Crippen MR) is 148 cm³/mol. The molecule has 194 valence electrons. The van der Waals surface area contributed by atoms with Crippen LogP contribution in [0.15, 0.2) is 69.6 Å². The van der Waals surface area contributed by atoms with Crippen LogP contribution >= 0.6 is 11.3 Å². The summed E-state index contributed by atoms with van der Waals surface area (Å²) in [5.41, 5.74) is 3.73. The van der Waals surface area contributed by atoms with E-state index in [-0.39, 0.29) is 23.7 Å². The van der Waals surface area contributed by atoms with Gasteiger partial charge < -0.3 is 9.47 Å². The van der Waals surface area contributed by atoms with Crippen molar-refractivity contribution in [3.8, 4) is 5.75 Å². The van der Waals surface area contributed by atoms with Gasteiger partial charge in [-0.25, -0.2) is 9.79 Å². The van der Waals surface area contributed by atoms with Gasteiger partial charge in [0.05, 0.1) is 34.6 Å². The van der Waals surface area contributed by atoms with Gasteiger partial charge in [0, 0.05) is 0 Å². The van der Waals surface area contributed by atoms with Gasteiger partial charge in [-0.15, -0.1) is 0 Å². The number of hydrogen-bond acceptors (Lipinski definition) is 6. The van der Waals surface area contributed by atoms with E-state index in [9.17, 15) is 9.59 Å². The topological polar surface area (TPSA) is 69.9 Å². The minimum atomic E-state index is -0.645. The van der Waals surface area contributed by atoms with Crippen molar-refractivity contribution in [1.82, 2.24) is 4.57 Å². The third-order valence-corrected chi connectivity index (χ3v) is 7.14. The van der Waals surface area contributed by atoms with E-state index >= 15 is 0 Å². The summed E-state index contributed by atoms with van der Waals surface area (Å²) in [7, 11) is 0. The summed E-state index contributed by atoms with van der Waals surface area (Å²) < 4.78 is 13.3. The number of rotatable bonds is 6. The Kier molecular flexibility index (Phi) is 7.55. The second-order valence-electron chi connectivity index (χ2n) is 10.4. The molecule has 2 aromatic carbocycles. The van der Waals surface area contributed by atoms with Crippen LogP contribution in [0.4, 0.5) is 0 Å². The van der Waals surface area contributed by atoms with Crippen molar-refractivity contribution in [3.05, 3.63) is 96.2 Å². The summed E-state index contributed by atoms with van der Waals surface area (Å²) in [6.07, 6.45) is 1.93. The normalized spacial score (nSPS) is 16.0. The highest BCUT2D eigenvalue weighted by atomic mass is 32.1. The first-order chi connectivity index (χ1) is 17.5. The maximum Gasteiger partial charge on any atom is 0.338 e. The lowest BCUT2D eigenvalue weighted by Gasteiger charge is -2.25. The van der Waals surface area contributed by atoms with Gasteiger partial charge in [-0.1, -0.05) is 68.5 Å². The van der Waals surface area contributed by atoms with Crippen molar-refractivity contribution in [2.45, 2.75) is 66.0 Å². The number of benzene rings is 2. The van der Waals surface area contributed by atoms with E-state index in [0.717, 1.165) is 16.9 Å². The molecule has 0 unspecified atom stereocenters. The lowest BCUT2D eigenvalue weighted by atomic mass is 9.87. The fourth-order valence-corrected chi connectivity index (χ4v) is 5.39. The van der Waals surface area contributed by atoms with Gasteiger partial charge in [-0.2, -0.15) is 0 Å². The van der Waals surface area contributed by atoms with Crippen LogP contribution in [0.5, 0.6) is 5.75 Å². The molecule has 0 radical (unpaired) electrons. The van der Waals surface area contributed by atoms with Crippen LogP contribution in [0.3, 0.4) is 0 Å². The molecule has 7 heteroatoms. The highest BCUT2D eigenvalue weighted by molar-refractivity contribution is 7.07. The van der Waals surface area contributed by atoms with Gasteiger partial charge in [0.2, 0.25) is 0 Å². The van der Waals surface area contributed by atoms with E-state index in [4.69, 9.17) is 9.47 Å². The number of fused-ring (bicyclic) bond motifs is 1. The second-order valence-corrected chi connectivity index (χ2v) is 11.4. The van der Waals surface area contributed by atoms with E-state index in [1.54, 1.807) is 18.4 Å². The van der Waals surface area contributed by atoms with Gasteiger partial charge in [0.15, 0.2) is 4.80 Å². The van der Waals surface area contributed by atoms with Crippen molar-refractivity contribution < 1.29 is 14.3 Å². The summed E-state index contributed by atoms with van der Waals surface area (Å²) in [4.78, 5) is 32.0. The number of aromatic nitrogens is 1. The van der Waals surface area contributed by atoms with Crippen molar-refractivity contribution in [1.29, 1.82) is 0 Å². The Morgan fingerprint density at radius 1 is 1.11 bits per heavy atom. The summed E-state index contributed by atoms with van der Waals surface area (Å²) in [5, 5.41) is 0. The number of esters is 1. The number of nitrogens with zero attached hydrogens (tertiary/aromatic N) is 2. The summed E-state index contributed by atoms with van der Waals surface area (Å²) in [6.45, 7) is 14.2.